The van der Waals surface area contributed by atoms with Crippen LogP contribution in [-0.4, -0.2) is 28.8 Å². The first-order valence-corrected chi connectivity index (χ1v) is 6.68. The summed E-state index contributed by atoms with van der Waals surface area (Å²) in [6.45, 7) is 0.624. The van der Waals surface area contributed by atoms with Gasteiger partial charge in [0.15, 0.2) is 0 Å². The summed E-state index contributed by atoms with van der Waals surface area (Å²) in [5.41, 5.74) is 1.16. The van der Waals surface area contributed by atoms with Gasteiger partial charge in [0, 0.05) is 12.1 Å². The van der Waals surface area contributed by atoms with Crippen LogP contribution in [0.5, 0.6) is 0 Å². The van der Waals surface area contributed by atoms with E-state index in [1.165, 1.54) is 12.1 Å². The van der Waals surface area contributed by atoms with Crippen molar-refractivity contribution in [2.24, 2.45) is 0 Å². The van der Waals surface area contributed by atoms with Crippen LogP contribution >= 0.6 is 0 Å². The second-order valence-corrected chi connectivity index (χ2v) is 4.97. The Morgan fingerprint density at radius 3 is 2.42 bits per heavy atom. The van der Waals surface area contributed by atoms with Gasteiger partial charge in [-0.3, -0.25) is 10.1 Å². The molecule has 0 atom stereocenters. The van der Waals surface area contributed by atoms with Crippen LogP contribution in [0.25, 0.3) is 0 Å². The highest BCUT2D eigenvalue weighted by Gasteiger charge is 2.19. The summed E-state index contributed by atoms with van der Waals surface area (Å²) in [5.74, 6) is 0. The molecule has 1 aromatic carbocycles. The van der Waals surface area contributed by atoms with Gasteiger partial charge >= 0.3 is 0 Å². The number of rotatable bonds is 5. The fourth-order valence-corrected chi connectivity index (χ4v) is 2.34. The second-order valence-electron chi connectivity index (χ2n) is 4.97. The first kappa shape index (κ1) is 14.0. The molecule has 0 radical (unpaired) electrons. The van der Waals surface area contributed by atoms with Crippen molar-refractivity contribution >= 4 is 5.69 Å². The van der Waals surface area contributed by atoms with E-state index in [0.29, 0.717) is 6.61 Å². The summed E-state index contributed by atoms with van der Waals surface area (Å²) in [7, 11) is 0. The highest BCUT2D eigenvalue weighted by Crippen LogP contribution is 2.21. The van der Waals surface area contributed by atoms with E-state index in [0.717, 1.165) is 37.7 Å². The van der Waals surface area contributed by atoms with Gasteiger partial charge in [-0.25, -0.2) is 0 Å². The third kappa shape index (κ3) is 4.29. The fraction of sp³-hybridized carbons (Fsp3) is 0.571. The standard InChI is InChI=1S/C14H19NO4/c16-13-5-7-14(8-6-13)19-10-9-11-1-3-12(4-2-11)15(17)18/h1-4,13-14,16H,5-10H2. The van der Waals surface area contributed by atoms with E-state index in [4.69, 9.17) is 4.74 Å². The van der Waals surface area contributed by atoms with Gasteiger partial charge < -0.3 is 9.84 Å². The second kappa shape index (κ2) is 6.63. The van der Waals surface area contributed by atoms with E-state index in [1.54, 1.807) is 12.1 Å². The topological polar surface area (TPSA) is 72.6 Å². The SMILES string of the molecule is O=[N+]([O-])c1ccc(CCOC2CCC(O)CC2)cc1. The molecule has 1 saturated carbocycles. The number of nitro benzene ring substituents is 1. The molecule has 19 heavy (non-hydrogen) atoms. The van der Waals surface area contributed by atoms with Crippen LogP contribution in [0.4, 0.5) is 5.69 Å². The molecule has 0 amide bonds. The van der Waals surface area contributed by atoms with Gasteiger partial charge in [0.25, 0.3) is 5.69 Å². The normalized spacial score (nSPS) is 23.2. The molecule has 2 rings (SSSR count). The first-order valence-electron chi connectivity index (χ1n) is 6.68. The molecule has 5 nitrogen and oxygen atoms in total. The van der Waals surface area contributed by atoms with Gasteiger partial charge in [0.05, 0.1) is 23.7 Å². The van der Waals surface area contributed by atoms with Gasteiger partial charge in [-0.05, 0) is 37.7 Å². The smallest absolute Gasteiger partial charge is 0.269 e. The lowest BCUT2D eigenvalue weighted by Crippen LogP contribution is -2.25. The van der Waals surface area contributed by atoms with Gasteiger partial charge in [0.2, 0.25) is 0 Å². The molecule has 0 heterocycles. The Labute approximate surface area is 112 Å². The van der Waals surface area contributed by atoms with Gasteiger partial charge in [-0.2, -0.15) is 0 Å². The molecule has 1 N–H and O–H groups in total. The Morgan fingerprint density at radius 2 is 1.84 bits per heavy atom. The average Bonchev–Trinajstić information content (AvgIpc) is 2.41. The molecule has 0 unspecified atom stereocenters. The molecule has 104 valence electrons. The zero-order chi connectivity index (χ0) is 13.7. The molecule has 1 aromatic rings. The minimum atomic E-state index is -0.395. The van der Waals surface area contributed by atoms with E-state index in [9.17, 15) is 15.2 Å². The summed E-state index contributed by atoms with van der Waals surface area (Å²) in [4.78, 5) is 10.1. The van der Waals surface area contributed by atoms with Crippen LogP contribution in [0.2, 0.25) is 0 Å². The number of nitro groups is 1. The molecule has 1 aliphatic rings. The highest BCUT2D eigenvalue weighted by atomic mass is 16.6. The highest BCUT2D eigenvalue weighted by molar-refractivity contribution is 5.32. The predicted octanol–water partition coefficient (Wildman–Crippen LogP) is 2.46. The number of nitrogens with zero attached hydrogens (tertiary/aromatic N) is 1. The lowest BCUT2D eigenvalue weighted by atomic mass is 9.95. The van der Waals surface area contributed by atoms with Crippen LogP contribution in [0, 0.1) is 10.1 Å². The van der Waals surface area contributed by atoms with Crippen LogP contribution in [0.1, 0.15) is 31.2 Å². The Morgan fingerprint density at radius 1 is 1.21 bits per heavy atom. The molecular formula is C14H19NO4. The third-order valence-corrected chi connectivity index (χ3v) is 3.54. The van der Waals surface area contributed by atoms with E-state index < -0.39 is 4.92 Å². The summed E-state index contributed by atoms with van der Waals surface area (Å²) < 4.78 is 5.77. The lowest BCUT2D eigenvalue weighted by Gasteiger charge is -2.25. The number of aliphatic hydroxyl groups is 1. The van der Waals surface area contributed by atoms with Gasteiger partial charge in [-0.1, -0.05) is 12.1 Å². The largest absolute Gasteiger partial charge is 0.393 e. The maximum Gasteiger partial charge on any atom is 0.269 e. The Balaban J connectivity index is 1.72. The van der Waals surface area contributed by atoms with Crippen molar-refractivity contribution in [3.63, 3.8) is 0 Å². The monoisotopic (exact) mass is 265 g/mol. The molecule has 5 heteroatoms. The number of benzene rings is 1. The van der Waals surface area contributed by atoms with Crippen molar-refractivity contribution in [3.8, 4) is 0 Å². The van der Waals surface area contributed by atoms with Gasteiger partial charge in [-0.15, -0.1) is 0 Å². The van der Waals surface area contributed by atoms with Crippen molar-refractivity contribution < 1.29 is 14.8 Å². The number of aliphatic hydroxyl groups excluding tert-OH is 1. The maximum atomic E-state index is 10.5. The van der Waals surface area contributed by atoms with Crippen LogP contribution in [0.15, 0.2) is 24.3 Å². The molecule has 0 saturated heterocycles. The summed E-state index contributed by atoms with van der Waals surface area (Å²) >= 11 is 0. The summed E-state index contributed by atoms with van der Waals surface area (Å²) in [6.07, 6.45) is 4.33. The quantitative estimate of drug-likeness (QED) is 0.655. The molecule has 0 aliphatic heterocycles. The van der Waals surface area contributed by atoms with Gasteiger partial charge in [0.1, 0.15) is 0 Å². The third-order valence-electron chi connectivity index (χ3n) is 3.54. The lowest BCUT2D eigenvalue weighted by molar-refractivity contribution is -0.384. The minimum Gasteiger partial charge on any atom is -0.393 e. The van der Waals surface area contributed by atoms with Crippen molar-refractivity contribution in [3.05, 3.63) is 39.9 Å². The Kier molecular flexibility index (Phi) is 4.87. The van der Waals surface area contributed by atoms with Crippen LogP contribution < -0.4 is 0 Å². The molecule has 0 aromatic heterocycles. The molecule has 0 spiro atoms. The first-order chi connectivity index (χ1) is 9.15. The fourth-order valence-electron chi connectivity index (χ4n) is 2.34. The van der Waals surface area contributed by atoms with Crippen molar-refractivity contribution in [2.45, 2.75) is 44.3 Å². The summed E-state index contributed by atoms with van der Waals surface area (Å²) in [6, 6.07) is 6.58. The molecular weight excluding hydrogens is 246 g/mol. The molecule has 1 aliphatic carbocycles. The van der Waals surface area contributed by atoms with E-state index >= 15 is 0 Å². The zero-order valence-electron chi connectivity index (χ0n) is 10.8. The number of ether oxygens (including phenoxy) is 1. The number of non-ortho nitro benzene ring substituents is 1. The average molecular weight is 265 g/mol. The van der Waals surface area contributed by atoms with Crippen molar-refractivity contribution in [1.29, 1.82) is 0 Å². The minimum absolute atomic E-state index is 0.117. The predicted molar refractivity (Wildman–Crippen MR) is 71.0 cm³/mol. The zero-order valence-corrected chi connectivity index (χ0v) is 10.8. The van der Waals surface area contributed by atoms with E-state index in [2.05, 4.69) is 0 Å². The Hall–Kier alpha value is -1.46. The number of hydrogen-bond acceptors (Lipinski definition) is 4. The maximum absolute atomic E-state index is 10.5. The summed E-state index contributed by atoms with van der Waals surface area (Å²) in [5, 5.41) is 19.9. The van der Waals surface area contributed by atoms with Crippen LogP contribution in [0.3, 0.4) is 0 Å². The number of hydrogen-bond donors (Lipinski definition) is 1. The van der Waals surface area contributed by atoms with Crippen LogP contribution in [-0.2, 0) is 11.2 Å². The Bertz CT molecular complexity index is 410. The van der Waals surface area contributed by atoms with E-state index in [1.807, 2.05) is 0 Å². The molecule has 0 bridgehead atoms. The van der Waals surface area contributed by atoms with E-state index in [-0.39, 0.29) is 17.9 Å². The van der Waals surface area contributed by atoms with Crippen molar-refractivity contribution in [2.75, 3.05) is 6.61 Å². The molecule has 1 fully saturated rings. The van der Waals surface area contributed by atoms with Crippen molar-refractivity contribution in [1.82, 2.24) is 0 Å².